The Bertz CT molecular complexity index is 1180. The summed E-state index contributed by atoms with van der Waals surface area (Å²) in [6.45, 7) is 0. The maximum Gasteiger partial charge on any atom is 0.238 e. The van der Waals surface area contributed by atoms with Crippen molar-refractivity contribution < 1.29 is 8.42 Å². The summed E-state index contributed by atoms with van der Waals surface area (Å²) in [6.07, 6.45) is 5.37. The van der Waals surface area contributed by atoms with Crippen LogP contribution in [-0.4, -0.2) is 8.42 Å². The number of hydrogen-bond donors (Lipinski definition) is 2. The smallest absolute Gasteiger partial charge is 0.238 e. The molecule has 0 amide bonds. The lowest BCUT2D eigenvalue weighted by Crippen LogP contribution is -2.29. The summed E-state index contributed by atoms with van der Waals surface area (Å²) in [5.41, 5.74) is 3.28. The Labute approximate surface area is 158 Å². The number of allylic oxidation sites excluding steroid dienone is 2. The molecule has 1 aliphatic heterocycles. The molecule has 0 bridgehead atoms. The van der Waals surface area contributed by atoms with Crippen molar-refractivity contribution in [3.8, 4) is 0 Å². The quantitative estimate of drug-likeness (QED) is 0.655. The van der Waals surface area contributed by atoms with Crippen LogP contribution in [-0.2, 0) is 10.0 Å². The molecule has 5 rings (SSSR count). The molecule has 2 aliphatic rings. The first-order valence-electron chi connectivity index (χ1n) is 9.10. The fourth-order valence-electron chi connectivity index (χ4n) is 4.58. The van der Waals surface area contributed by atoms with Gasteiger partial charge >= 0.3 is 0 Å². The Morgan fingerprint density at radius 1 is 0.963 bits per heavy atom. The van der Waals surface area contributed by atoms with E-state index in [-0.39, 0.29) is 16.9 Å². The zero-order valence-corrected chi connectivity index (χ0v) is 15.5. The van der Waals surface area contributed by atoms with Crippen LogP contribution in [0.5, 0.6) is 0 Å². The van der Waals surface area contributed by atoms with Crippen LogP contribution in [0.25, 0.3) is 10.8 Å². The predicted molar refractivity (Wildman–Crippen MR) is 108 cm³/mol. The van der Waals surface area contributed by atoms with Gasteiger partial charge in [0.2, 0.25) is 10.0 Å². The first-order valence-corrected chi connectivity index (χ1v) is 10.6. The summed E-state index contributed by atoms with van der Waals surface area (Å²) < 4.78 is 23.6. The van der Waals surface area contributed by atoms with Gasteiger partial charge in [0.05, 0.1) is 10.9 Å². The van der Waals surface area contributed by atoms with Crippen LogP contribution in [0, 0.1) is 5.92 Å². The van der Waals surface area contributed by atoms with Crippen molar-refractivity contribution in [1.29, 1.82) is 0 Å². The number of benzene rings is 3. The molecule has 27 heavy (non-hydrogen) atoms. The van der Waals surface area contributed by atoms with Crippen molar-refractivity contribution in [2.24, 2.45) is 11.1 Å². The van der Waals surface area contributed by atoms with E-state index < -0.39 is 10.0 Å². The summed E-state index contributed by atoms with van der Waals surface area (Å²) >= 11 is 0. The SMILES string of the molecule is NS(=O)(=O)c1ccc2c(c1)[C@@H]1C=CC[C@@H]1[C@@H](c1cccc3ccccc13)N2. The number of sulfonamides is 1. The van der Waals surface area contributed by atoms with Crippen molar-refractivity contribution in [2.45, 2.75) is 23.3 Å². The highest BCUT2D eigenvalue weighted by molar-refractivity contribution is 7.89. The maximum absolute atomic E-state index is 11.8. The molecule has 3 aromatic rings. The van der Waals surface area contributed by atoms with E-state index in [2.05, 4.69) is 59.9 Å². The maximum atomic E-state index is 11.8. The molecule has 0 unspecified atom stereocenters. The summed E-state index contributed by atoms with van der Waals surface area (Å²) in [6, 6.07) is 20.2. The summed E-state index contributed by atoms with van der Waals surface area (Å²) in [5.74, 6) is 0.533. The Kier molecular flexibility index (Phi) is 3.64. The van der Waals surface area contributed by atoms with Crippen LogP contribution in [0.2, 0.25) is 0 Å². The number of nitrogens with one attached hydrogen (secondary N) is 1. The van der Waals surface area contributed by atoms with E-state index in [1.165, 1.54) is 16.3 Å². The Hall–Kier alpha value is -2.63. The van der Waals surface area contributed by atoms with Crippen molar-refractivity contribution in [2.75, 3.05) is 5.32 Å². The third-order valence-electron chi connectivity index (χ3n) is 5.82. The van der Waals surface area contributed by atoms with Crippen LogP contribution in [0.15, 0.2) is 77.7 Å². The average molecular weight is 376 g/mol. The Balaban J connectivity index is 1.66. The molecule has 1 heterocycles. The van der Waals surface area contributed by atoms with Gasteiger partial charge in [0, 0.05) is 11.6 Å². The second kappa shape index (κ2) is 5.94. The lowest BCUT2D eigenvalue weighted by Gasteiger charge is -2.38. The molecule has 4 nitrogen and oxygen atoms in total. The Morgan fingerprint density at radius 2 is 1.78 bits per heavy atom. The van der Waals surface area contributed by atoms with E-state index in [0.717, 1.165) is 17.7 Å². The molecular weight excluding hydrogens is 356 g/mol. The van der Waals surface area contributed by atoms with Gasteiger partial charge in [-0.3, -0.25) is 0 Å². The zero-order chi connectivity index (χ0) is 18.6. The minimum atomic E-state index is -3.71. The van der Waals surface area contributed by atoms with E-state index in [4.69, 9.17) is 5.14 Å². The largest absolute Gasteiger partial charge is 0.378 e. The van der Waals surface area contributed by atoms with Crippen LogP contribution < -0.4 is 10.5 Å². The lowest BCUT2D eigenvalue weighted by atomic mass is 9.76. The third kappa shape index (κ3) is 2.66. The summed E-state index contributed by atoms with van der Waals surface area (Å²) in [7, 11) is -3.71. The second-order valence-electron chi connectivity index (χ2n) is 7.34. The van der Waals surface area contributed by atoms with Crippen LogP contribution >= 0.6 is 0 Å². The van der Waals surface area contributed by atoms with Gasteiger partial charge in [0.25, 0.3) is 0 Å². The van der Waals surface area contributed by atoms with Crippen molar-refractivity contribution in [3.63, 3.8) is 0 Å². The minimum absolute atomic E-state index is 0.170. The number of primary sulfonamides is 1. The molecule has 136 valence electrons. The van der Waals surface area contributed by atoms with Gasteiger partial charge in [0.1, 0.15) is 0 Å². The standard InChI is InChI=1S/C22H20N2O2S/c23-27(25,26)15-11-12-21-20(13-15)17-8-4-10-19(17)22(24-21)18-9-3-6-14-5-1-2-7-16(14)18/h1-9,11-13,17,19,22,24H,10H2,(H2,23,25,26)/t17-,19+,22-/m1/s1. The van der Waals surface area contributed by atoms with E-state index in [0.29, 0.717) is 5.92 Å². The molecular formula is C22H20N2O2S. The monoisotopic (exact) mass is 376 g/mol. The topological polar surface area (TPSA) is 72.2 Å². The first kappa shape index (κ1) is 16.5. The highest BCUT2D eigenvalue weighted by Gasteiger charge is 2.38. The van der Waals surface area contributed by atoms with Crippen LogP contribution in [0.1, 0.15) is 29.5 Å². The number of hydrogen-bond acceptors (Lipinski definition) is 3. The van der Waals surface area contributed by atoms with Gasteiger partial charge in [-0.1, -0.05) is 54.6 Å². The highest BCUT2D eigenvalue weighted by atomic mass is 32.2. The molecule has 0 aromatic heterocycles. The second-order valence-corrected chi connectivity index (χ2v) is 8.90. The predicted octanol–water partition coefficient (Wildman–Crippen LogP) is 4.31. The molecule has 5 heteroatoms. The number of anilines is 1. The van der Waals surface area contributed by atoms with E-state index in [9.17, 15) is 8.42 Å². The van der Waals surface area contributed by atoms with Gasteiger partial charge in [-0.05, 0) is 52.4 Å². The fraction of sp³-hybridized carbons (Fsp3) is 0.182. The molecule has 3 atom stereocenters. The normalized spacial score (nSPS) is 23.7. The molecule has 0 radical (unpaired) electrons. The van der Waals surface area contributed by atoms with Gasteiger partial charge < -0.3 is 5.32 Å². The summed E-state index contributed by atoms with van der Waals surface area (Å²) in [4.78, 5) is 0.172. The molecule has 0 saturated heterocycles. The van der Waals surface area contributed by atoms with E-state index >= 15 is 0 Å². The van der Waals surface area contributed by atoms with Crippen molar-refractivity contribution >= 4 is 26.5 Å². The highest BCUT2D eigenvalue weighted by Crippen LogP contribution is 2.51. The molecule has 3 aromatic carbocycles. The van der Waals surface area contributed by atoms with Crippen molar-refractivity contribution in [3.05, 3.63) is 83.9 Å². The summed E-state index contributed by atoms with van der Waals surface area (Å²) in [5, 5.41) is 11.5. The van der Waals surface area contributed by atoms with Gasteiger partial charge in [-0.15, -0.1) is 0 Å². The molecule has 0 fully saturated rings. The van der Waals surface area contributed by atoms with E-state index in [1.54, 1.807) is 12.1 Å². The zero-order valence-electron chi connectivity index (χ0n) is 14.7. The molecule has 0 spiro atoms. The third-order valence-corrected chi connectivity index (χ3v) is 6.73. The Morgan fingerprint density at radius 3 is 2.63 bits per heavy atom. The van der Waals surface area contributed by atoms with Crippen LogP contribution in [0.4, 0.5) is 5.69 Å². The number of fused-ring (bicyclic) bond motifs is 4. The van der Waals surface area contributed by atoms with Gasteiger partial charge in [-0.2, -0.15) is 0 Å². The van der Waals surface area contributed by atoms with E-state index in [1.807, 2.05) is 6.07 Å². The lowest BCUT2D eigenvalue weighted by molar-refractivity contribution is 0.427. The van der Waals surface area contributed by atoms with Gasteiger partial charge in [-0.25, -0.2) is 13.6 Å². The average Bonchev–Trinajstić information content (AvgIpc) is 3.16. The minimum Gasteiger partial charge on any atom is -0.378 e. The first-order chi connectivity index (χ1) is 13.0. The van der Waals surface area contributed by atoms with Gasteiger partial charge in [0.15, 0.2) is 0 Å². The molecule has 0 saturated carbocycles. The molecule has 3 N–H and O–H groups in total. The molecule has 1 aliphatic carbocycles. The number of rotatable bonds is 2. The number of nitrogens with two attached hydrogens (primary N) is 1. The van der Waals surface area contributed by atoms with Crippen LogP contribution in [0.3, 0.4) is 0 Å². The van der Waals surface area contributed by atoms with Crippen molar-refractivity contribution in [1.82, 2.24) is 0 Å². The fourth-order valence-corrected chi connectivity index (χ4v) is 5.13.